The molecule has 3 rings (SSSR count). The van der Waals surface area contributed by atoms with Gasteiger partial charge in [0.2, 0.25) is 5.91 Å². The van der Waals surface area contributed by atoms with E-state index < -0.39 is 0 Å². The molecule has 25 heavy (non-hydrogen) atoms. The van der Waals surface area contributed by atoms with Crippen LogP contribution >= 0.6 is 0 Å². The zero-order valence-corrected chi connectivity index (χ0v) is 14.9. The highest BCUT2D eigenvalue weighted by Crippen LogP contribution is 2.14. The van der Waals surface area contributed by atoms with Gasteiger partial charge in [0.05, 0.1) is 5.52 Å². The van der Waals surface area contributed by atoms with Gasteiger partial charge in [-0.15, -0.1) is 0 Å². The molecule has 1 atom stereocenters. The van der Waals surface area contributed by atoms with E-state index in [1.165, 1.54) is 12.8 Å². The fraction of sp³-hybridized carbons (Fsp3) is 0.579. The van der Waals surface area contributed by atoms with E-state index in [9.17, 15) is 9.59 Å². The van der Waals surface area contributed by atoms with E-state index >= 15 is 0 Å². The monoisotopic (exact) mass is 345 g/mol. The zero-order chi connectivity index (χ0) is 17.6. The number of piperidine rings is 1. The van der Waals surface area contributed by atoms with Crippen LogP contribution in [0.15, 0.2) is 33.5 Å². The molecule has 0 unspecified atom stereocenters. The number of fused-ring (bicyclic) bond motifs is 1. The van der Waals surface area contributed by atoms with Crippen molar-refractivity contribution < 1.29 is 9.21 Å². The number of amides is 1. The number of aryl methyl sites for hydroxylation is 1. The highest BCUT2D eigenvalue weighted by Gasteiger charge is 2.15. The molecular weight excluding hydrogens is 318 g/mol. The van der Waals surface area contributed by atoms with E-state index in [0.717, 1.165) is 31.1 Å². The topological polar surface area (TPSA) is 67.5 Å². The summed E-state index contributed by atoms with van der Waals surface area (Å²) in [5, 5.41) is 2.99. The van der Waals surface area contributed by atoms with Crippen molar-refractivity contribution in [1.29, 1.82) is 0 Å². The average Bonchev–Trinajstić information content (AvgIpc) is 2.91. The van der Waals surface area contributed by atoms with Gasteiger partial charge in [-0.2, -0.15) is 0 Å². The van der Waals surface area contributed by atoms with Gasteiger partial charge in [0.15, 0.2) is 5.58 Å². The highest BCUT2D eigenvalue weighted by molar-refractivity contribution is 5.76. The SMILES string of the molecule is C[C@@H]1CCCN(CCNC(=O)CCCn2c(=O)oc3ccccc32)C1. The second kappa shape index (κ2) is 8.34. The lowest BCUT2D eigenvalue weighted by Gasteiger charge is -2.30. The Morgan fingerprint density at radius 1 is 1.32 bits per heavy atom. The molecular formula is C19H27N3O3. The van der Waals surface area contributed by atoms with Gasteiger partial charge in [0.1, 0.15) is 0 Å². The molecule has 136 valence electrons. The lowest BCUT2D eigenvalue weighted by atomic mass is 10.0. The van der Waals surface area contributed by atoms with Crippen LogP contribution in [0.1, 0.15) is 32.6 Å². The third kappa shape index (κ3) is 4.72. The molecule has 1 aromatic carbocycles. The summed E-state index contributed by atoms with van der Waals surface area (Å²) < 4.78 is 6.79. The van der Waals surface area contributed by atoms with Gasteiger partial charge in [-0.1, -0.05) is 19.1 Å². The fourth-order valence-corrected chi connectivity index (χ4v) is 3.56. The molecule has 6 nitrogen and oxygen atoms in total. The van der Waals surface area contributed by atoms with Crippen LogP contribution in [0.5, 0.6) is 0 Å². The van der Waals surface area contributed by atoms with Crippen LogP contribution in [0.3, 0.4) is 0 Å². The highest BCUT2D eigenvalue weighted by atomic mass is 16.4. The molecule has 2 aromatic rings. The van der Waals surface area contributed by atoms with Crippen molar-refractivity contribution in [2.24, 2.45) is 5.92 Å². The smallest absolute Gasteiger partial charge is 0.408 e. The lowest BCUT2D eigenvalue weighted by molar-refractivity contribution is -0.121. The first kappa shape index (κ1) is 17.7. The second-order valence-corrected chi connectivity index (χ2v) is 6.99. The van der Waals surface area contributed by atoms with E-state index in [4.69, 9.17) is 4.42 Å². The molecule has 1 amide bonds. The Labute approximate surface area is 147 Å². The molecule has 0 spiro atoms. The summed E-state index contributed by atoms with van der Waals surface area (Å²) in [6.07, 6.45) is 3.60. The van der Waals surface area contributed by atoms with E-state index in [1.807, 2.05) is 18.2 Å². The van der Waals surface area contributed by atoms with Crippen LogP contribution in [0.4, 0.5) is 0 Å². The molecule has 1 N–H and O–H groups in total. The van der Waals surface area contributed by atoms with E-state index in [1.54, 1.807) is 10.6 Å². The number of likely N-dealkylation sites (tertiary alicyclic amines) is 1. The summed E-state index contributed by atoms with van der Waals surface area (Å²) in [7, 11) is 0. The van der Waals surface area contributed by atoms with Crippen molar-refractivity contribution in [2.45, 2.75) is 39.2 Å². The molecule has 0 bridgehead atoms. The van der Waals surface area contributed by atoms with Crippen molar-refractivity contribution in [3.63, 3.8) is 0 Å². The Bertz CT molecular complexity index is 765. The van der Waals surface area contributed by atoms with Gasteiger partial charge in [0.25, 0.3) is 0 Å². The second-order valence-electron chi connectivity index (χ2n) is 6.99. The van der Waals surface area contributed by atoms with Gasteiger partial charge in [-0.25, -0.2) is 4.79 Å². The van der Waals surface area contributed by atoms with Gasteiger partial charge in [-0.3, -0.25) is 9.36 Å². The Balaban J connectivity index is 1.39. The fourth-order valence-electron chi connectivity index (χ4n) is 3.56. The van der Waals surface area contributed by atoms with Gasteiger partial charge < -0.3 is 14.6 Å². The average molecular weight is 345 g/mol. The largest absolute Gasteiger partial charge is 0.419 e. The molecule has 1 aromatic heterocycles. The lowest BCUT2D eigenvalue weighted by Crippen LogP contribution is -2.40. The van der Waals surface area contributed by atoms with Crippen LogP contribution in [0.25, 0.3) is 11.1 Å². The maximum absolute atomic E-state index is 12.0. The van der Waals surface area contributed by atoms with Crippen LogP contribution in [-0.2, 0) is 11.3 Å². The quantitative estimate of drug-likeness (QED) is 0.835. The van der Waals surface area contributed by atoms with E-state index in [0.29, 0.717) is 31.5 Å². The normalized spacial score (nSPS) is 18.5. The summed E-state index contributed by atoms with van der Waals surface area (Å²) in [5.41, 5.74) is 1.37. The number of aromatic nitrogens is 1. The summed E-state index contributed by atoms with van der Waals surface area (Å²) in [4.78, 5) is 26.3. The Hall–Kier alpha value is -2.08. The minimum absolute atomic E-state index is 0.0471. The number of oxazole rings is 1. The molecule has 0 aliphatic carbocycles. The first-order valence-electron chi connectivity index (χ1n) is 9.21. The van der Waals surface area contributed by atoms with Crippen molar-refractivity contribution in [1.82, 2.24) is 14.8 Å². The molecule has 1 fully saturated rings. The number of benzene rings is 1. The first-order chi connectivity index (χ1) is 12.1. The molecule has 1 saturated heterocycles. The maximum Gasteiger partial charge on any atom is 0.419 e. The van der Waals surface area contributed by atoms with E-state index in [-0.39, 0.29) is 11.7 Å². The molecule has 1 aliphatic rings. The van der Waals surface area contributed by atoms with Crippen LogP contribution in [0, 0.1) is 5.92 Å². The van der Waals surface area contributed by atoms with Crippen molar-refractivity contribution >= 4 is 17.0 Å². The summed E-state index contributed by atoms with van der Waals surface area (Å²) in [5.74, 6) is 0.444. The number of para-hydroxylation sites is 2. The number of hydrogen-bond donors (Lipinski definition) is 1. The first-order valence-corrected chi connectivity index (χ1v) is 9.21. The van der Waals surface area contributed by atoms with Crippen molar-refractivity contribution in [2.75, 3.05) is 26.2 Å². The third-order valence-electron chi connectivity index (χ3n) is 4.85. The summed E-state index contributed by atoms with van der Waals surface area (Å²) in [6.45, 7) is 6.66. The molecule has 0 saturated carbocycles. The molecule has 0 radical (unpaired) electrons. The summed E-state index contributed by atoms with van der Waals surface area (Å²) >= 11 is 0. The van der Waals surface area contributed by atoms with E-state index in [2.05, 4.69) is 17.1 Å². The minimum atomic E-state index is -0.360. The number of carbonyl (C=O) groups is 1. The van der Waals surface area contributed by atoms with Gasteiger partial charge in [0, 0.05) is 32.6 Å². The Morgan fingerprint density at radius 3 is 3.00 bits per heavy atom. The minimum Gasteiger partial charge on any atom is -0.408 e. The van der Waals surface area contributed by atoms with Crippen LogP contribution in [0.2, 0.25) is 0 Å². The number of hydrogen-bond acceptors (Lipinski definition) is 4. The van der Waals surface area contributed by atoms with Crippen LogP contribution in [-0.4, -0.2) is 41.6 Å². The maximum atomic E-state index is 12.0. The zero-order valence-electron chi connectivity index (χ0n) is 14.9. The predicted molar refractivity (Wildman–Crippen MR) is 97.6 cm³/mol. The molecule has 1 aliphatic heterocycles. The Morgan fingerprint density at radius 2 is 2.16 bits per heavy atom. The number of nitrogens with one attached hydrogen (secondary N) is 1. The number of nitrogens with zero attached hydrogens (tertiary/aromatic N) is 2. The number of rotatable bonds is 7. The summed E-state index contributed by atoms with van der Waals surface area (Å²) in [6, 6.07) is 7.36. The van der Waals surface area contributed by atoms with Crippen LogP contribution < -0.4 is 11.1 Å². The molecule has 6 heteroatoms. The van der Waals surface area contributed by atoms with Crippen molar-refractivity contribution in [3.05, 3.63) is 34.8 Å². The van der Waals surface area contributed by atoms with Gasteiger partial charge in [-0.05, 0) is 43.9 Å². The molecule has 2 heterocycles. The van der Waals surface area contributed by atoms with Crippen molar-refractivity contribution in [3.8, 4) is 0 Å². The predicted octanol–water partition coefficient (Wildman–Crippen LogP) is 2.22. The standard InChI is InChI=1S/C19H27N3O3/c1-15-6-4-11-21(14-15)13-10-20-18(23)9-5-12-22-16-7-2-3-8-17(16)25-19(22)24/h2-3,7-8,15H,4-6,9-14H2,1H3,(H,20,23)/t15-/m1/s1. The van der Waals surface area contributed by atoms with Gasteiger partial charge >= 0.3 is 5.76 Å². The number of carbonyl (C=O) groups excluding carboxylic acids is 1. The third-order valence-corrected chi connectivity index (χ3v) is 4.85. The Kier molecular flexibility index (Phi) is 5.91.